The highest BCUT2D eigenvalue weighted by atomic mass is 15.0. The van der Waals surface area contributed by atoms with Crippen LogP contribution in [-0.2, 0) is 5.41 Å². The second-order valence-electron chi connectivity index (χ2n) is 13.9. The van der Waals surface area contributed by atoms with Gasteiger partial charge in [-0.15, -0.1) is 0 Å². The van der Waals surface area contributed by atoms with Gasteiger partial charge in [0.1, 0.15) is 0 Å². The molecule has 48 heavy (non-hydrogen) atoms. The highest BCUT2D eigenvalue weighted by molar-refractivity contribution is 6.10. The van der Waals surface area contributed by atoms with E-state index in [1.54, 1.807) is 0 Å². The van der Waals surface area contributed by atoms with E-state index in [1.807, 2.05) is 0 Å². The third kappa shape index (κ3) is 4.56. The summed E-state index contributed by atoms with van der Waals surface area (Å²) in [5.41, 5.74) is 13.4. The Morgan fingerprint density at radius 1 is 0.333 bits per heavy atom. The second-order valence-corrected chi connectivity index (χ2v) is 13.9. The standard InChI is InChI=1S/C46H36N2/c1-46(2,3)35-24-25-45-41(30-35)40-20-9-12-23-44(40)48(45)37-28-33(31-14-5-4-6-15-31)26-34(29-37)32-16-13-17-36(27-32)47-42-21-10-7-18-38(42)39-19-8-11-22-43(39)47/h4-30H,1-3H3. The highest BCUT2D eigenvalue weighted by Gasteiger charge is 2.19. The molecule has 2 heterocycles. The van der Waals surface area contributed by atoms with E-state index < -0.39 is 0 Å². The van der Waals surface area contributed by atoms with Crippen LogP contribution in [0.3, 0.4) is 0 Å². The van der Waals surface area contributed by atoms with Crippen LogP contribution in [0.25, 0.3) is 77.2 Å². The average Bonchev–Trinajstić information content (AvgIpc) is 3.64. The Kier molecular flexibility index (Phi) is 6.42. The summed E-state index contributed by atoms with van der Waals surface area (Å²) < 4.78 is 4.85. The van der Waals surface area contributed by atoms with Crippen molar-refractivity contribution in [2.45, 2.75) is 26.2 Å². The molecule has 0 aliphatic rings. The lowest BCUT2D eigenvalue weighted by Gasteiger charge is -2.19. The van der Waals surface area contributed by atoms with Gasteiger partial charge in [0.25, 0.3) is 0 Å². The molecule has 9 rings (SSSR count). The molecule has 0 aliphatic heterocycles. The van der Waals surface area contributed by atoms with E-state index in [-0.39, 0.29) is 5.41 Å². The van der Waals surface area contributed by atoms with Crippen molar-refractivity contribution in [3.05, 3.63) is 169 Å². The van der Waals surface area contributed by atoms with Gasteiger partial charge in [-0.05, 0) is 93.9 Å². The Bertz CT molecular complexity index is 2590. The molecular weight excluding hydrogens is 581 g/mol. The highest BCUT2D eigenvalue weighted by Crippen LogP contribution is 2.39. The Morgan fingerprint density at radius 2 is 0.812 bits per heavy atom. The van der Waals surface area contributed by atoms with Crippen molar-refractivity contribution in [1.82, 2.24) is 9.13 Å². The van der Waals surface area contributed by atoms with E-state index >= 15 is 0 Å². The van der Waals surface area contributed by atoms with E-state index in [0.717, 1.165) is 11.4 Å². The Morgan fingerprint density at radius 3 is 1.44 bits per heavy atom. The van der Waals surface area contributed by atoms with Crippen molar-refractivity contribution < 1.29 is 0 Å². The molecule has 0 saturated carbocycles. The first-order chi connectivity index (χ1) is 23.4. The van der Waals surface area contributed by atoms with Crippen LogP contribution >= 0.6 is 0 Å². The summed E-state index contributed by atoms with van der Waals surface area (Å²) in [4.78, 5) is 0. The normalized spacial score (nSPS) is 12.1. The number of para-hydroxylation sites is 3. The summed E-state index contributed by atoms with van der Waals surface area (Å²) in [6, 6.07) is 60.1. The zero-order valence-electron chi connectivity index (χ0n) is 27.5. The molecule has 2 aromatic heterocycles. The van der Waals surface area contributed by atoms with Gasteiger partial charge in [0.05, 0.1) is 22.1 Å². The fraction of sp³-hybridized carbons (Fsp3) is 0.0870. The minimum Gasteiger partial charge on any atom is -0.309 e. The lowest BCUT2D eigenvalue weighted by atomic mass is 9.86. The first kappa shape index (κ1) is 28.4. The van der Waals surface area contributed by atoms with Gasteiger partial charge in [-0.1, -0.05) is 124 Å². The van der Waals surface area contributed by atoms with Crippen LogP contribution in [0, 0.1) is 0 Å². The van der Waals surface area contributed by atoms with Crippen LogP contribution in [0.5, 0.6) is 0 Å². The largest absolute Gasteiger partial charge is 0.309 e. The summed E-state index contributed by atoms with van der Waals surface area (Å²) in [7, 11) is 0. The van der Waals surface area contributed by atoms with Crippen molar-refractivity contribution in [1.29, 1.82) is 0 Å². The van der Waals surface area contributed by atoms with Crippen LogP contribution in [-0.4, -0.2) is 9.13 Å². The molecule has 0 N–H and O–H groups in total. The molecule has 0 amide bonds. The van der Waals surface area contributed by atoms with E-state index in [4.69, 9.17) is 0 Å². The molecule has 0 fully saturated rings. The maximum absolute atomic E-state index is 2.45. The van der Waals surface area contributed by atoms with Gasteiger partial charge in [0.2, 0.25) is 0 Å². The minimum absolute atomic E-state index is 0.0686. The van der Waals surface area contributed by atoms with Gasteiger partial charge < -0.3 is 9.13 Å². The van der Waals surface area contributed by atoms with Crippen molar-refractivity contribution in [3.63, 3.8) is 0 Å². The predicted octanol–water partition coefficient (Wildman–Crippen LogP) is 12.5. The Balaban J connectivity index is 1.29. The molecule has 0 atom stereocenters. The van der Waals surface area contributed by atoms with Crippen molar-refractivity contribution in [2.24, 2.45) is 0 Å². The zero-order chi connectivity index (χ0) is 32.4. The summed E-state index contributed by atoms with van der Waals surface area (Å²) in [5, 5.41) is 5.11. The fourth-order valence-corrected chi connectivity index (χ4v) is 7.45. The minimum atomic E-state index is 0.0686. The van der Waals surface area contributed by atoms with Gasteiger partial charge in [0.15, 0.2) is 0 Å². The number of hydrogen-bond acceptors (Lipinski definition) is 0. The van der Waals surface area contributed by atoms with Gasteiger partial charge in [-0.2, -0.15) is 0 Å². The molecule has 7 aromatic carbocycles. The number of nitrogens with zero attached hydrogens (tertiary/aromatic N) is 2. The smallest absolute Gasteiger partial charge is 0.0541 e. The molecule has 0 bridgehead atoms. The molecule has 2 nitrogen and oxygen atoms in total. The summed E-state index contributed by atoms with van der Waals surface area (Å²) in [5.74, 6) is 0. The molecule has 0 aliphatic carbocycles. The van der Waals surface area contributed by atoms with Crippen LogP contribution in [0.2, 0.25) is 0 Å². The fourth-order valence-electron chi connectivity index (χ4n) is 7.45. The molecule has 2 heteroatoms. The molecule has 230 valence electrons. The number of fused-ring (bicyclic) bond motifs is 6. The van der Waals surface area contributed by atoms with Gasteiger partial charge in [0, 0.05) is 32.9 Å². The third-order valence-corrected chi connectivity index (χ3v) is 9.84. The van der Waals surface area contributed by atoms with Crippen molar-refractivity contribution in [3.8, 4) is 33.6 Å². The van der Waals surface area contributed by atoms with Crippen molar-refractivity contribution in [2.75, 3.05) is 0 Å². The van der Waals surface area contributed by atoms with E-state index in [9.17, 15) is 0 Å². The van der Waals surface area contributed by atoms with Crippen LogP contribution in [0.15, 0.2) is 164 Å². The Labute approximate surface area is 281 Å². The van der Waals surface area contributed by atoms with Gasteiger partial charge >= 0.3 is 0 Å². The maximum atomic E-state index is 2.45. The predicted molar refractivity (Wildman–Crippen MR) is 205 cm³/mol. The lowest BCUT2D eigenvalue weighted by molar-refractivity contribution is 0.591. The zero-order valence-corrected chi connectivity index (χ0v) is 27.5. The molecule has 9 aromatic rings. The summed E-state index contributed by atoms with van der Waals surface area (Å²) in [6.45, 7) is 6.86. The first-order valence-corrected chi connectivity index (χ1v) is 16.8. The monoisotopic (exact) mass is 616 g/mol. The maximum Gasteiger partial charge on any atom is 0.0541 e. The summed E-state index contributed by atoms with van der Waals surface area (Å²) >= 11 is 0. The molecule has 0 unspecified atom stereocenters. The SMILES string of the molecule is CC(C)(C)c1ccc2c(c1)c1ccccc1n2-c1cc(-c2ccccc2)cc(-c2cccc(-n3c4ccccc4c4ccccc43)c2)c1. The van der Waals surface area contributed by atoms with Gasteiger partial charge in [-0.3, -0.25) is 0 Å². The third-order valence-electron chi connectivity index (χ3n) is 9.84. The van der Waals surface area contributed by atoms with Crippen LogP contribution in [0.1, 0.15) is 26.3 Å². The molecular formula is C46H36N2. The number of rotatable bonds is 4. The number of aromatic nitrogens is 2. The van der Waals surface area contributed by atoms with E-state index in [2.05, 4.69) is 194 Å². The molecule has 0 radical (unpaired) electrons. The number of hydrogen-bond donors (Lipinski definition) is 0. The topological polar surface area (TPSA) is 9.86 Å². The first-order valence-electron chi connectivity index (χ1n) is 16.8. The molecule has 0 spiro atoms. The lowest BCUT2D eigenvalue weighted by Crippen LogP contribution is -2.10. The van der Waals surface area contributed by atoms with Crippen LogP contribution in [0.4, 0.5) is 0 Å². The average molecular weight is 617 g/mol. The number of benzene rings is 7. The Hall–Kier alpha value is -5.86. The quantitative estimate of drug-likeness (QED) is 0.186. The van der Waals surface area contributed by atoms with Crippen molar-refractivity contribution >= 4 is 43.6 Å². The summed E-state index contributed by atoms with van der Waals surface area (Å²) in [6.07, 6.45) is 0. The van der Waals surface area contributed by atoms with Gasteiger partial charge in [-0.25, -0.2) is 0 Å². The van der Waals surface area contributed by atoms with Crippen LogP contribution < -0.4 is 0 Å². The molecule has 0 saturated heterocycles. The van der Waals surface area contributed by atoms with E-state index in [0.29, 0.717) is 0 Å². The second kappa shape index (κ2) is 10.9. The van der Waals surface area contributed by atoms with E-state index in [1.165, 1.54) is 71.4 Å².